The van der Waals surface area contributed by atoms with Crippen LogP contribution in [0.2, 0.25) is 0 Å². The monoisotopic (exact) mass is 635 g/mol. The third kappa shape index (κ3) is 7.66. The van der Waals surface area contributed by atoms with E-state index < -0.39 is 0 Å². The van der Waals surface area contributed by atoms with Gasteiger partial charge < -0.3 is 10.2 Å². The third-order valence-corrected chi connectivity index (χ3v) is 9.13. The molecule has 0 aliphatic heterocycles. The third-order valence-electron chi connectivity index (χ3n) is 9.13. The molecule has 1 aliphatic carbocycles. The summed E-state index contributed by atoms with van der Waals surface area (Å²) in [5.74, 6) is 0. The van der Waals surface area contributed by atoms with Crippen LogP contribution in [0.3, 0.4) is 0 Å². The second kappa shape index (κ2) is 14.9. The van der Waals surface area contributed by atoms with Crippen LogP contribution in [0, 0.1) is 6.92 Å². The van der Waals surface area contributed by atoms with Crippen molar-refractivity contribution in [1.82, 2.24) is 0 Å². The van der Waals surface area contributed by atoms with Crippen molar-refractivity contribution in [3.63, 3.8) is 0 Å². The van der Waals surface area contributed by atoms with Gasteiger partial charge in [0.05, 0.1) is 0 Å². The predicted octanol–water partition coefficient (Wildman–Crippen LogP) is 12.4. The number of rotatable bonds is 7. The summed E-state index contributed by atoms with van der Waals surface area (Å²) < 4.78 is 6.06. The summed E-state index contributed by atoms with van der Waals surface area (Å²) in [6.45, 7) is 2.11. The van der Waals surface area contributed by atoms with E-state index in [0.717, 1.165) is 48.1 Å². The fraction of sp³-hybridized carbons (Fsp3) is 0.106. The number of furan rings is 1. The SMILES string of the molecule is Cc1ccc(C/C=C\c2cc(-c3ccc(C4=CCCC=C4)cc3)ccc2N)cc1.c1ccc(Cc2cccc3c2oc2ccccc23)cc1. The van der Waals surface area contributed by atoms with Crippen LogP contribution in [-0.4, -0.2) is 0 Å². The van der Waals surface area contributed by atoms with Crippen molar-refractivity contribution >= 4 is 39.3 Å². The van der Waals surface area contributed by atoms with Gasteiger partial charge >= 0.3 is 0 Å². The molecule has 0 spiro atoms. The van der Waals surface area contributed by atoms with E-state index in [1.165, 1.54) is 55.3 Å². The van der Waals surface area contributed by atoms with Crippen molar-refractivity contribution < 1.29 is 4.42 Å². The molecule has 0 unspecified atom stereocenters. The van der Waals surface area contributed by atoms with Gasteiger partial charge in [-0.3, -0.25) is 0 Å². The Balaban J connectivity index is 0.000000165. The Morgan fingerprint density at radius 3 is 2.18 bits per heavy atom. The lowest BCUT2D eigenvalue weighted by Gasteiger charge is -2.10. The molecule has 7 aromatic rings. The molecule has 6 aromatic carbocycles. The summed E-state index contributed by atoms with van der Waals surface area (Å²) in [7, 11) is 0. The zero-order valence-corrected chi connectivity index (χ0v) is 28.0. The van der Waals surface area contributed by atoms with Crippen molar-refractivity contribution in [3.8, 4) is 11.1 Å². The van der Waals surface area contributed by atoms with Crippen molar-refractivity contribution in [3.05, 3.63) is 197 Å². The first-order valence-electron chi connectivity index (χ1n) is 17.1. The molecule has 0 fully saturated rings. The first-order chi connectivity index (χ1) is 24.1. The highest BCUT2D eigenvalue weighted by atomic mass is 16.3. The van der Waals surface area contributed by atoms with Crippen molar-refractivity contribution in [2.45, 2.75) is 32.6 Å². The maximum atomic E-state index is 6.22. The van der Waals surface area contributed by atoms with E-state index in [2.05, 4.69) is 153 Å². The van der Waals surface area contributed by atoms with E-state index in [-0.39, 0.29) is 0 Å². The molecule has 240 valence electrons. The molecular formula is C47H41NO. The predicted molar refractivity (Wildman–Crippen MR) is 210 cm³/mol. The molecule has 0 bridgehead atoms. The van der Waals surface area contributed by atoms with Crippen LogP contribution in [0.15, 0.2) is 168 Å². The average Bonchev–Trinajstić information content (AvgIpc) is 3.54. The molecule has 0 saturated carbocycles. The zero-order valence-electron chi connectivity index (χ0n) is 28.0. The molecule has 1 aliphatic rings. The summed E-state index contributed by atoms with van der Waals surface area (Å²) in [6, 6.07) is 48.9. The van der Waals surface area contributed by atoms with Crippen LogP contribution < -0.4 is 5.73 Å². The number of fused-ring (bicyclic) bond motifs is 3. The first kappa shape index (κ1) is 31.7. The Morgan fingerprint density at radius 2 is 1.39 bits per heavy atom. The summed E-state index contributed by atoms with van der Waals surface area (Å²) in [4.78, 5) is 0. The van der Waals surface area contributed by atoms with Crippen molar-refractivity contribution in [2.24, 2.45) is 0 Å². The lowest BCUT2D eigenvalue weighted by Crippen LogP contribution is -1.91. The lowest BCUT2D eigenvalue weighted by molar-refractivity contribution is 0.664. The van der Waals surface area contributed by atoms with Gasteiger partial charge in [0, 0.05) is 22.9 Å². The molecule has 0 radical (unpaired) electrons. The van der Waals surface area contributed by atoms with Crippen LogP contribution in [0.1, 0.15) is 46.2 Å². The van der Waals surface area contributed by atoms with Crippen LogP contribution in [0.25, 0.3) is 44.7 Å². The minimum atomic E-state index is 0.808. The van der Waals surface area contributed by atoms with Crippen LogP contribution in [0.4, 0.5) is 5.69 Å². The molecule has 0 amide bonds. The number of nitrogens with two attached hydrogens (primary N) is 1. The van der Waals surface area contributed by atoms with Gasteiger partial charge in [0.1, 0.15) is 11.2 Å². The molecule has 1 heterocycles. The van der Waals surface area contributed by atoms with Crippen LogP contribution >= 0.6 is 0 Å². The average molecular weight is 636 g/mol. The van der Waals surface area contributed by atoms with Crippen molar-refractivity contribution in [2.75, 3.05) is 5.73 Å². The number of allylic oxidation sites excluding steroid dienone is 5. The Bertz CT molecular complexity index is 2270. The number of anilines is 1. The number of hydrogen-bond acceptors (Lipinski definition) is 2. The fourth-order valence-electron chi connectivity index (χ4n) is 6.39. The molecule has 49 heavy (non-hydrogen) atoms. The van der Waals surface area contributed by atoms with E-state index in [1.54, 1.807) is 0 Å². The molecule has 1 aromatic heterocycles. The quantitative estimate of drug-likeness (QED) is 0.177. The van der Waals surface area contributed by atoms with E-state index in [0.29, 0.717) is 0 Å². The number of hydrogen-bond donors (Lipinski definition) is 1. The molecule has 2 nitrogen and oxygen atoms in total. The fourth-order valence-corrected chi connectivity index (χ4v) is 6.39. The summed E-state index contributed by atoms with van der Waals surface area (Å²) >= 11 is 0. The smallest absolute Gasteiger partial charge is 0.138 e. The number of benzene rings is 6. The van der Waals surface area contributed by atoms with Gasteiger partial charge in [-0.2, -0.15) is 0 Å². The second-order valence-electron chi connectivity index (χ2n) is 12.7. The van der Waals surface area contributed by atoms with Gasteiger partial charge in [-0.15, -0.1) is 0 Å². The van der Waals surface area contributed by atoms with Crippen LogP contribution in [0.5, 0.6) is 0 Å². The van der Waals surface area contributed by atoms with Gasteiger partial charge in [-0.25, -0.2) is 0 Å². The highest BCUT2D eigenvalue weighted by Crippen LogP contribution is 2.32. The molecule has 0 saturated heterocycles. The summed E-state index contributed by atoms with van der Waals surface area (Å²) in [5, 5.41) is 2.39. The van der Waals surface area contributed by atoms with Gasteiger partial charge in [-0.05, 0) is 88.9 Å². The Kier molecular flexibility index (Phi) is 9.66. The largest absolute Gasteiger partial charge is 0.456 e. The topological polar surface area (TPSA) is 39.2 Å². The van der Waals surface area contributed by atoms with E-state index in [4.69, 9.17) is 10.2 Å². The molecule has 8 rings (SSSR count). The van der Waals surface area contributed by atoms with Crippen LogP contribution in [-0.2, 0) is 12.8 Å². The van der Waals surface area contributed by atoms with Gasteiger partial charge in [-0.1, -0.05) is 157 Å². The molecular weight excluding hydrogens is 595 g/mol. The minimum Gasteiger partial charge on any atom is -0.456 e. The molecule has 2 N–H and O–H groups in total. The van der Waals surface area contributed by atoms with E-state index >= 15 is 0 Å². The lowest BCUT2D eigenvalue weighted by atomic mass is 9.96. The normalized spacial score (nSPS) is 12.6. The molecule has 2 heteroatoms. The summed E-state index contributed by atoms with van der Waals surface area (Å²) in [6.07, 6.45) is 15.2. The van der Waals surface area contributed by atoms with Gasteiger partial charge in [0.25, 0.3) is 0 Å². The Morgan fingerprint density at radius 1 is 0.653 bits per heavy atom. The maximum Gasteiger partial charge on any atom is 0.138 e. The zero-order chi connectivity index (χ0) is 33.4. The first-order valence-corrected chi connectivity index (χ1v) is 17.1. The minimum absolute atomic E-state index is 0.808. The standard InChI is InChI=1S/C28H27N.C19H14O/c1-21-10-12-22(13-11-21)6-5-9-27-20-26(18-19-28(27)29)25-16-14-24(15-17-25)23-7-3-2-4-8-23;1-2-7-14(8-3-1)13-15-9-6-11-17-16-10-4-5-12-18(16)20-19(15)17/h3,5,7-20H,2,4,6,29H2,1H3;1-12H,13H2/b9-5-;. The van der Waals surface area contributed by atoms with Gasteiger partial charge in [0.2, 0.25) is 0 Å². The highest BCUT2D eigenvalue weighted by molar-refractivity contribution is 6.05. The maximum absolute atomic E-state index is 6.22. The van der Waals surface area contributed by atoms with Crippen molar-refractivity contribution in [1.29, 1.82) is 0 Å². The van der Waals surface area contributed by atoms with Gasteiger partial charge in [0.15, 0.2) is 0 Å². The summed E-state index contributed by atoms with van der Waals surface area (Å²) in [5.41, 5.74) is 20.2. The Hall–Kier alpha value is -5.86. The number of para-hydroxylation sites is 2. The second-order valence-corrected chi connectivity index (χ2v) is 12.7. The Labute approximate surface area is 289 Å². The number of nitrogen functional groups attached to an aromatic ring is 1. The van der Waals surface area contributed by atoms with E-state index in [1.807, 2.05) is 24.3 Å². The van der Waals surface area contributed by atoms with E-state index in [9.17, 15) is 0 Å². The highest BCUT2D eigenvalue weighted by Gasteiger charge is 2.10. The molecule has 0 atom stereocenters. The number of aryl methyl sites for hydroxylation is 1.